The van der Waals surface area contributed by atoms with Crippen molar-refractivity contribution in [3.05, 3.63) is 62.9 Å². The molecule has 0 bridgehead atoms. The third kappa shape index (κ3) is 4.42. The topological polar surface area (TPSA) is 86.9 Å². The predicted molar refractivity (Wildman–Crippen MR) is 110 cm³/mol. The Morgan fingerprint density at radius 1 is 1.24 bits per heavy atom. The molecule has 29 heavy (non-hydrogen) atoms. The lowest BCUT2D eigenvalue weighted by atomic mass is 10.2. The smallest absolute Gasteiger partial charge is 0.290 e. The van der Waals surface area contributed by atoms with E-state index in [9.17, 15) is 4.79 Å². The monoisotopic (exact) mass is 414 g/mol. The second-order valence-electron chi connectivity index (χ2n) is 7.39. The van der Waals surface area contributed by atoms with Crippen LogP contribution >= 0.6 is 11.6 Å². The van der Waals surface area contributed by atoms with Crippen molar-refractivity contribution in [3.63, 3.8) is 0 Å². The van der Waals surface area contributed by atoms with Gasteiger partial charge in [-0.05, 0) is 31.5 Å². The van der Waals surface area contributed by atoms with Crippen molar-refractivity contribution >= 4 is 17.3 Å². The highest BCUT2D eigenvalue weighted by atomic mass is 35.5. The van der Waals surface area contributed by atoms with E-state index in [0.29, 0.717) is 41.6 Å². The average molecular weight is 415 g/mol. The fourth-order valence-corrected chi connectivity index (χ4v) is 3.50. The third-order valence-corrected chi connectivity index (χ3v) is 5.32. The lowest BCUT2D eigenvalue weighted by Gasteiger charge is -2.11. The zero-order valence-electron chi connectivity index (χ0n) is 16.6. The van der Waals surface area contributed by atoms with Crippen LogP contribution in [-0.2, 0) is 20.6 Å². The average Bonchev–Trinajstić information content (AvgIpc) is 3.39. The van der Waals surface area contributed by atoms with E-state index in [0.717, 1.165) is 23.5 Å². The highest BCUT2D eigenvalue weighted by Gasteiger charge is 2.40. The maximum atomic E-state index is 12.4. The number of aromatic nitrogens is 5. The summed E-state index contributed by atoms with van der Waals surface area (Å²) < 4.78 is 8.96. The first-order valence-corrected chi connectivity index (χ1v) is 9.84. The van der Waals surface area contributed by atoms with E-state index >= 15 is 0 Å². The van der Waals surface area contributed by atoms with Crippen molar-refractivity contribution < 1.29 is 4.74 Å². The maximum Gasteiger partial charge on any atom is 0.290 e. The summed E-state index contributed by atoms with van der Waals surface area (Å²) >= 11 is 5.90. The molecule has 4 rings (SSSR count). The molecular weight excluding hydrogens is 392 g/mol. The molecule has 1 saturated carbocycles. The lowest BCUT2D eigenvalue weighted by Crippen LogP contribution is -2.24. The van der Waals surface area contributed by atoms with Crippen molar-refractivity contribution in [3.8, 4) is 5.88 Å². The SMILES string of the molecule is Cc1cc(CNc2cc(OCC3C[C@H]3c3ccc(Cl)cn3)nn(C)c2=O)n(C)n1. The van der Waals surface area contributed by atoms with Gasteiger partial charge in [0.25, 0.3) is 5.56 Å². The Balaban J connectivity index is 1.39. The Bertz CT molecular complexity index is 1080. The van der Waals surface area contributed by atoms with Gasteiger partial charge in [-0.15, -0.1) is 5.10 Å². The first-order chi connectivity index (χ1) is 13.9. The number of nitrogens with zero attached hydrogens (tertiary/aromatic N) is 5. The molecule has 2 atom stereocenters. The van der Waals surface area contributed by atoms with E-state index in [1.165, 1.54) is 4.68 Å². The summed E-state index contributed by atoms with van der Waals surface area (Å²) in [5, 5.41) is 12.3. The van der Waals surface area contributed by atoms with Gasteiger partial charge in [-0.2, -0.15) is 5.10 Å². The van der Waals surface area contributed by atoms with E-state index in [2.05, 4.69) is 20.5 Å². The zero-order chi connectivity index (χ0) is 20.5. The minimum Gasteiger partial charge on any atom is -0.476 e. The largest absolute Gasteiger partial charge is 0.476 e. The molecule has 0 radical (unpaired) electrons. The van der Waals surface area contributed by atoms with Gasteiger partial charge < -0.3 is 10.1 Å². The van der Waals surface area contributed by atoms with Gasteiger partial charge in [0, 0.05) is 43.9 Å². The van der Waals surface area contributed by atoms with E-state index in [-0.39, 0.29) is 5.56 Å². The van der Waals surface area contributed by atoms with Crippen LogP contribution in [0.5, 0.6) is 5.88 Å². The van der Waals surface area contributed by atoms with Gasteiger partial charge in [-0.25, -0.2) is 4.68 Å². The fraction of sp³-hybridized carbons (Fsp3) is 0.400. The van der Waals surface area contributed by atoms with Crippen LogP contribution in [0.1, 0.15) is 29.4 Å². The number of pyridine rings is 1. The highest BCUT2D eigenvalue weighted by molar-refractivity contribution is 6.30. The summed E-state index contributed by atoms with van der Waals surface area (Å²) in [5.74, 6) is 1.19. The molecule has 0 aliphatic heterocycles. The Morgan fingerprint density at radius 3 is 2.76 bits per heavy atom. The summed E-state index contributed by atoms with van der Waals surface area (Å²) in [6, 6.07) is 7.45. The number of rotatable bonds is 7. The van der Waals surface area contributed by atoms with Crippen molar-refractivity contribution in [2.45, 2.75) is 25.8 Å². The van der Waals surface area contributed by atoms with E-state index in [4.69, 9.17) is 16.3 Å². The van der Waals surface area contributed by atoms with Crippen molar-refractivity contribution in [1.82, 2.24) is 24.5 Å². The quantitative estimate of drug-likeness (QED) is 0.639. The Morgan fingerprint density at radius 2 is 2.07 bits per heavy atom. The molecule has 152 valence electrons. The molecular formula is C20H23ClN6O2. The van der Waals surface area contributed by atoms with Gasteiger partial charge in [-0.1, -0.05) is 11.6 Å². The molecule has 1 fully saturated rings. The van der Waals surface area contributed by atoms with Gasteiger partial charge in [0.15, 0.2) is 0 Å². The number of nitrogens with one attached hydrogen (secondary N) is 1. The number of hydrogen-bond acceptors (Lipinski definition) is 6. The van der Waals surface area contributed by atoms with Crippen LogP contribution in [0.4, 0.5) is 5.69 Å². The Hall–Kier alpha value is -2.87. The molecule has 1 N–H and O–H groups in total. The van der Waals surface area contributed by atoms with Crippen molar-refractivity contribution in [1.29, 1.82) is 0 Å². The molecule has 0 amide bonds. The molecule has 9 heteroatoms. The first kappa shape index (κ1) is 19.4. The Kier molecular flexibility index (Phi) is 5.27. The highest BCUT2D eigenvalue weighted by Crippen LogP contribution is 2.46. The maximum absolute atomic E-state index is 12.4. The molecule has 8 nitrogen and oxygen atoms in total. The van der Waals surface area contributed by atoms with E-state index < -0.39 is 0 Å². The summed E-state index contributed by atoms with van der Waals surface area (Å²) in [5.41, 5.74) is 3.20. The minimum atomic E-state index is -0.203. The molecule has 1 aliphatic rings. The summed E-state index contributed by atoms with van der Waals surface area (Å²) in [6.07, 6.45) is 2.69. The number of anilines is 1. The van der Waals surface area contributed by atoms with E-state index in [1.54, 1.807) is 24.0 Å². The first-order valence-electron chi connectivity index (χ1n) is 9.46. The van der Waals surface area contributed by atoms with Crippen LogP contribution in [0.25, 0.3) is 0 Å². The second kappa shape index (κ2) is 7.87. The second-order valence-corrected chi connectivity index (χ2v) is 7.83. The zero-order valence-corrected chi connectivity index (χ0v) is 17.3. The molecule has 0 spiro atoms. The third-order valence-electron chi connectivity index (χ3n) is 5.10. The molecule has 0 aromatic carbocycles. The predicted octanol–water partition coefficient (Wildman–Crippen LogP) is 2.67. The summed E-state index contributed by atoms with van der Waals surface area (Å²) in [4.78, 5) is 16.8. The normalized spacial score (nSPS) is 17.9. The van der Waals surface area contributed by atoms with Crippen LogP contribution in [-0.4, -0.2) is 31.2 Å². The fourth-order valence-electron chi connectivity index (χ4n) is 3.39. The molecule has 1 unspecified atom stereocenters. The molecule has 3 heterocycles. The van der Waals surface area contributed by atoms with Crippen LogP contribution < -0.4 is 15.6 Å². The minimum absolute atomic E-state index is 0.203. The lowest BCUT2D eigenvalue weighted by molar-refractivity contribution is 0.278. The van der Waals surface area contributed by atoms with Crippen LogP contribution in [0.3, 0.4) is 0 Å². The molecule has 1 aliphatic carbocycles. The number of halogens is 1. The van der Waals surface area contributed by atoms with Gasteiger partial charge in [-0.3, -0.25) is 14.5 Å². The van der Waals surface area contributed by atoms with Crippen LogP contribution in [0.2, 0.25) is 5.02 Å². The van der Waals surface area contributed by atoms with Gasteiger partial charge in [0.05, 0.1) is 29.6 Å². The van der Waals surface area contributed by atoms with Crippen molar-refractivity contribution in [2.24, 2.45) is 20.0 Å². The molecule has 0 saturated heterocycles. The summed E-state index contributed by atoms with van der Waals surface area (Å²) in [6.45, 7) is 2.95. The Labute approximate surface area is 173 Å². The summed E-state index contributed by atoms with van der Waals surface area (Å²) in [7, 11) is 3.50. The number of hydrogen-bond donors (Lipinski definition) is 1. The van der Waals surface area contributed by atoms with Crippen LogP contribution in [0, 0.1) is 12.8 Å². The molecule has 3 aromatic heterocycles. The number of aryl methyl sites for hydroxylation is 3. The standard InChI is InChI=1S/C20H23ClN6O2/c1-12-6-15(26(2)24-12)10-23-18-8-19(25-27(3)20(18)28)29-11-13-7-16(13)17-5-4-14(21)9-22-17/h4-6,8-9,13,16,23H,7,10-11H2,1-3H3/t13?,16-/m1/s1. The van der Waals surface area contributed by atoms with Gasteiger partial charge in [0.2, 0.25) is 5.88 Å². The van der Waals surface area contributed by atoms with Crippen molar-refractivity contribution in [2.75, 3.05) is 11.9 Å². The van der Waals surface area contributed by atoms with E-state index in [1.807, 2.05) is 32.2 Å². The number of ether oxygens (including phenoxy) is 1. The molecule has 3 aromatic rings. The van der Waals surface area contributed by atoms with Crippen LogP contribution in [0.15, 0.2) is 35.3 Å². The van der Waals surface area contributed by atoms with Gasteiger partial charge in [0.1, 0.15) is 5.69 Å². The van der Waals surface area contributed by atoms with Gasteiger partial charge >= 0.3 is 0 Å².